The molecule has 0 spiro atoms. The number of ketones is 1. The zero-order valence-corrected chi connectivity index (χ0v) is 8.19. The molecular formula is C11H12N2O2. The Morgan fingerprint density at radius 3 is 2.40 bits per heavy atom. The smallest absolute Gasteiger partial charge is 0.228 e. The van der Waals surface area contributed by atoms with Crippen LogP contribution in [0.25, 0.3) is 0 Å². The van der Waals surface area contributed by atoms with Crippen LogP contribution in [0.3, 0.4) is 0 Å². The summed E-state index contributed by atoms with van der Waals surface area (Å²) in [7, 11) is 0. The summed E-state index contributed by atoms with van der Waals surface area (Å²) >= 11 is 0. The third-order valence-corrected chi connectivity index (χ3v) is 2.51. The largest absolute Gasteiger partial charge is 0.342 e. The number of hydrogen-bond acceptors (Lipinski definition) is 3. The molecular weight excluding hydrogens is 192 g/mol. The Balaban J connectivity index is 2.22. The molecule has 0 aliphatic carbocycles. The normalized spacial score (nSPS) is 20.5. The Morgan fingerprint density at radius 2 is 1.93 bits per heavy atom. The quantitative estimate of drug-likeness (QED) is 0.679. The molecule has 1 heterocycles. The van der Waals surface area contributed by atoms with E-state index in [9.17, 15) is 9.59 Å². The molecule has 1 saturated heterocycles. The van der Waals surface area contributed by atoms with E-state index in [2.05, 4.69) is 5.32 Å². The number of nitrogens with one attached hydrogen (secondary N) is 1. The number of Topliss-reactive ketones (excluding diaryl/α,β-unsaturated/α-hetero) is 1. The van der Waals surface area contributed by atoms with Crippen molar-refractivity contribution in [3.05, 3.63) is 35.4 Å². The van der Waals surface area contributed by atoms with Crippen molar-refractivity contribution in [3.63, 3.8) is 0 Å². The second-order valence-electron chi connectivity index (χ2n) is 3.59. The molecule has 3 N–H and O–H groups in total. The molecule has 0 aromatic heterocycles. The van der Waals surface area contributed by atoms with Gasteiger partial charge in [-0.15, -0.1) is 0 Å². The van der Waals surface area contributed by atoms with E-state index in [0.717, 1.165) is 11.1 Å². The van der Waals surface area contributed by atoms with Gasteiger partial charge in [0.2, 0.25) is 5.91 Å². The van der Waals surface area contributed by atoms with Crippen LogP contribution in [0.4, 0.5) is 0 Å². The summed E-state index contributed by atoms with van der Waals surface area (Å²) < 4.78 is 0. The van der Waals surface area contributed by atoms with Crippen LogP contribution >= 0.6 is 0 Å². The molecule has 1 aliphatic heterocycles. The predicted molar refractivity (Wildman–Crippen MR) is 54.8 cm³/mol. The summed E-state index contributed by atoms with van der Waals surface area (Å²) in [5.74, 6) is -0.270. The fraction of sp³-hybridized carbons (Fsp3) is 0.273. The Hall–Kier alpha value is -1.68. The molecule has 1 amide bonds. The topological polar surface area (TPSA) is 72.2 Å². The molecule has 78 valence electrons. The molecule has 4 heteroatoms. The lowest BCUT2D eigenvalue weighted by Gasteiger charge is -2.09. The lowest BCUT2D eigenvalue weighted by molar-refractivity contribution is -0.122. The van der Waals surface area contributed by atoms with Crippen molar-refractivity contribution < 1.29 is 9.59 Å². The number of amides is 1. The minimum Gasteiger partial charge on any atom is -0.342 e. The highest BCUT2D eigenvalue weighted by Gasteiger charge is 2.30. The minimum atomic E-state index is -0.468. The number of nitrogens with two attached hydrogens (primary N) is 1. The summed E-state index contributed by atoms with van der Waals surface area (Å²) in [5.41, 5.74) is 7.30. The van der Waals surface area contributed by atoms with Gasteiger partial charge in [0.1, 0.15) is 6.04 Å². The average Bonchev–Trinajstić information content (AvgIpc) is 2.58. The summed E-state index contributed by atoms with van der Waals surface area (Å²) in [6, 6.07) is 6.93. The van der Waals surface area contributed by atoms with Crippen molar-refractivity contribution in [1.82, 2.24) is 5.32 Å². The van der Waals surface area contributed by atoms with Gasteiger partial charge in [-0.2, -0.15) is 0 Å². The highest BCUT2D eigenvalue weighted by molar-refractivity contribution is 6.07. The van der Waals surface area contributed by atoms with Crippen molar-refractivity contribution in [2.24, 2.45) is 5.73 Å². The lowest BCUT2D eigenvalue weighted by Crippen LogP contribution is -2.20. The molecule has 1 fully saturated rings. The zero-order chi connectivity index (χ0) is 10.8. The highest BCUT2D eigenvalue weighted by atomic mass is 16.2. The Kier molecular flexibility index (Phi) is 2.51. The van der Waals surface area contributed by atoms with Gasteiger partial charge >= 0.3 is 0 Å². The van der Waals surface area contributed by atoms with Crippen LogP contribution < -0.4 is 11.1 Å². The number of carbonyl (C=O) groups excluding carboxylic acids is 2. The fourth-order valence-electron chi connectivity index (χ4n) is 1.67. The molecule has 0 bridgehead atoms. The number of carbonyl (C=O) groups is 2. The average molecular weight is 204 g/mol. The van der Waals surface area contributed by atoms with Gasteiger partial charge in [0.05, 0.1) is 6.42 Å². The van der Waals surface area contributed by atoms with E-state index in [1.807, 2.05) is 24.3 Å². The first-order chi connectivity index (χ1) is 7.20. The number of benzene rings is 1. The summed E-state index contributed by atoms with van der Waals surface area (Å²) in [5, 5.41) is 2.64. The summed E-state index contributed by atoms with van der Waals surface area (Å²) in [6.45, 7) is 0.477. The number of hydrogen-bond donors (Lipinski definition) is 2. The molecule has 0 saturated carbocycles. The van der Waals surface area contributed by atoms with Gasteiger partial charge in [-0.05, 0) is 11.1 Å². The van der Waals surface area contributed by atoms with E-state index >= 15 is 0 Å². The molecule has 4 nitrogen and oxygen atoms in total. The van der Waals surface area contributed by atoms with E-state index < -0.39 is 6.04 Å². The monoisotopic (exact) mass is 204 g/mol. The van der Waals surface area contributed by atoms with Crippen LogP contribution in [0.1, 0.15) is 23.6 Å². The lowest BCUT2D eigenvalue weighted by atomic mass is 10.0. The van der Waals surface area contributed by atoms with Gasteiger partial charge in [-0.1, -0.05) is 24.3 Å². The first-order valence-electron chi connectivity index (χ1n) is 4.81. The van der Waals surface area contributed by atoms with E-state index in [1.165, 1.54) is 0 Å². The van der Waals surface area contributed by atoms with E-state index in [-0.39, 0.29) is 18.1 Å². The number of rotatable bonds is 2. The van der Waals surface area contributed by atoms with Crippen LogP contribution in [-0.2, 0) is 16.1 Å². The van der Waals surface area contributed by atoms with Crippen molar-refractivity contribution >= 4 is 11.7 Å². The summed E-state index contributed by atoms with van der Waals surface area (Å²) in [6.07, 6.45) is -0.0106. The predicted octanol–water partition coefficient (Wildman–Crippen LogP) is 0.275. The van der Waals surface area contributed by atoms with Gasteiger partial charge in [-0.25, -0.2) is 0 Å². The molecule has 1 unspecified atom stereocenters. The van der Waals surface area contributed by atoms with Crippen LogP contribution in [0.2, 0.25) is 0 Å². The van der Waals surface area contributed by atoms with Crippen molar-refractivity contribution in [3.8, 4) is 0 Å². The Morgan fingerprint density at radius 1 is 1.27 bits per heavy atom. The SMILES string of the molecule is NCc1ccc(C2NC(=O)CC2=O)cc1. The molecule has 0 radical (unpaired) electrons. The first-order valence-corrected chi connectivity index (χ1v) is 4.81. The molecule has 1 aromatic rings. The van der Waals surface area contributed by atoms with E-state index in [1.54, 1.807) is 0 Å². The second kappa shape index (κ2) is 3.82. The molecule has 2 rings (SSSR count). The molecule has 15 heavy (non-hydrogen) atoms. The fourth-order valence-corrected chi connectivity index (χ4v) is 1.67. The van der Waals surface area contributed by atoms with Crippen LogP contribution in [-0.4, -0.2) is 11.7 Å². The van der Waals surface area contributed by atoms with Gasteiger partial charge < -0.3 is 11.1 Å². The molecule has 1 atom stereocenters. The third-order valence-electron chi connectivity index (χ3n) is 2.51. The van der Waals surface area contributed by atoms with Crippen LogP contribution in [0.5, 0.6) is 0 Å². The standard InChI is InChI=1S/C11H12N2O2/c12-6-7-1-3-8(4-2-7)11-9(14)5-10(15)13-11/h1-4,11H,5-6,12H2,(H,13,15). The second-order valence-corrected chi connectivity index (χ2v) is 3.59. The first kappa shape index (κ1) is 9.86. The maximum Gasteiger partial charge on any atom is 0.228 e. The van der Waals surface area contributed by atoms with E-state index in [4.69, 9.17) is 5.73 Å². The summed E-state index contributed by atoms with van der Waals surface area (Å²) in [4.78, 5) is 22.4. The Labute approximate surface area is 87.5 Å². The minimum absolute atomic E-state index is 0.0106. The van der Waals surface area contributed by atoms with E-state index in [0.29, 0.717) is 6.54 Å². The van der Waals surface area contributed by atoms with Crippen LogP contribution in [0.15, 0.2) is 24.3 Å². The third kappa shape index (κ3) is 1.89. The maximum atomic E-state index is 11.4. The van der Waals surface area contributed by atoms with Gasteiger partial charge in [0.15, 0.2) is 5.78 Å². The Bertz CT molecular complexity index is 398. The van der Waals surface area contributed by atoms with Crippen molar-refractivity contribution in [2.75, 3.05) is 0 Å². The van der Waals surface area contributed by atoms with Gasteiger partial charge in [0, 0.05) is 6.54 Å². The highest BCUT2D eigenvalue weighted by Crippen LogP contribution is 2.20. The maximum absolute atomic E-state index is 11.4. The van der Waals surface area contributed by atoms with Crippen LogP contribution in [0, 0.1) is 0 Å². The molecule has 1 aliphatic rings. The zero-order valence-electron chi connectivity index (χ0n) is 8.19. The van der Waals surface area contributed by atoms with Gasteiger partial charge in [-0.3, -0.25) is 9.59 Å². The van der Waals surface area contributed by atoms with Crippen molar-refractivity contribution in [1.29, 1.82) is 0 Å². The van der Waals surface area contributed by atoms with Gasteiger partial charge in [0.25, 0.3) is 0 Å². The van der Waals surface area contributed by atoms with Crippen molar-refractivity contribution in [2.45, 2.75) is 19.0 Å². The molecule has 1 aromatic carbocycles.